The van der Waals surface area contributed by atoms with Crippen molar-refractivity contribution in [2.24, 2.45) is 0 Å². The fraction of sp³-hybridized carbons (Fsp3) is 0.250. The lowest BCUT2D eigenvalue weighted by molar-refractivity contribution is -0.119. The molecule has 9 heteroatoms. The van der Waals surface area contributed by atoms with Crippen molar-refractivity contribution in [1.29, 1.82) is 0 Å². The number of para-hydroxylation sites is 1. The van der Waals surface area contributed by atoms with E-state index in [4.69, 9.17) is 0 Å². The molecule has 7 nitrogen and oxygen atoms in total. The van der Waals surface area contributed by atoms with Crippen molar-refractivity contribution in [3.8, 4) is 0 Å². The first-order chi connectivity index (χ1) is 12.0. The number of hydrogen-bond donors (Lipinski definition) is 1. The van der Waals surface area contributed by atoms with E-state index in [1.807, 2.05) is 24.3 Å². The number of sulfonamides is 1. The molecule has 0 aliphatic rings. The van der Waals surface area contributed by atoms with Crippen molar-refractivity contribution in [3.63, 3.8) is 0 Å². The van der Waals surface area contributed by atoms with Crippen LogP contribution >= 0.6 is 11.3 Å². The van der Waals surface area contributed by atoms with E-state index in [1.54, 1.807) is 0 Å². The zero-order valence-electron chi connectivity index (χ0n) is 13.3. The summed E-state index contributed by atoms with van der Waals surface area (Å²) in [6.45, 7) is 0. The third-order valence-corrected chi connectivity index (χ3v) is 5.79. The fourth-order valence-electron chi connectivity index (χ4n) is 2.22. The van der Waals surface area contributed by atoms with Crippen LogP contribution in [0.25, 0.3) is 10.2 Å². The fourth-order valence-corrected chi connectivity index (χ4v) is 4.22. The second-order valence-corrected chi connectivity index (χ2v) is 8.32. The number of amides is 1. The van der Waals surface area contributed by atoms with Crippen LogP contribution in [0.4, 0.5) is 0 Å². The lowest BCUT2D eigenvalue weighted by atomic mass is 10.3. The summed E-state index contributed by atoms with van der Waals surface area (Å²) in [6.07, 6.45) is 5.20. The minimum atomic E-state index is -3.69. The molecule has 0 spiro atoms. The Labute approximate surface area is 149 Å². The van der Waals surface area contributed by atoms with Gasteiger partial charge in [-0.3, -0.25) is 19.5 Å². The number of thiazole rings is 1. The lowest BCUT2D eigenvalue weighted by Crippen LogP contribution is -2.33. The third-order valence-electron chi connectivity index (χ3n) is 3.42. The Morgan fingerprint density at radius 3 is 2.76 bits per heavy atom. The molecule has 0 saturated carbocycles. The van der Waals surface area contributed by atoms with Crippen LogP contribution in [0.2, 0.25) is 0 Å². The Morgan fingerprint density at radius 1 is 1.16 bits per heavy atom. The van der Waals surface area contributed by atoms with E-state index in [2.05, 4.69) is 19.7 Å². The van der Waals surface area contributed by atoms with Crippen LogP contribution in [0.1, 0.15) is 17.1 Å². The first kappa shape index (κ1) is 17.4. The highest BCUT2D eigenvalue weighted by Gasteiger charge is 2.15. The summed E-state index contributed by atoms with van der Waals surface area (Å²) in [6, 6.07) is 7.71. The number of aromatic nitrogens is 3. The minimum Gasteiger partial charge on any atom is -0.274 e. The van der Waals surface area contributed by atoms with Crippen LogP contribution in [0.3, 0.4) is 0 Å². The van der Waals surface area contributed by atoms with E-state index < -0.39 is 15.9 Å². The van der Waals surface area contributed by atoms with Crippen LogP contribution < -0.4 is 4.72 Å². The van der Waals surface area contributed by atoms with Crippen LogP contribution in [0, 0.1) is 0 Å². The molecule has 0 radical (unpaired) electrons. The minimum absolute atomic E-state index is 0.0736. The molecular weight excluding hydrogens is 360 g/mol. The molecule has 0 bridgehead atoms. The molecule has 130 valence electrons. The molecule has 0 atom stereocenters. The van der Waals surface area contributed by atoms with E-state index in [1.165, 1.54) is 29.9 Å². The number of rotatable bonds is 7. The number of nitrogens with zero attached hydrogens (tertiary/aromatic N) is 3. The van der Waals surface area contributed by atoms with E-state index in [9.17, 15) is 13.2 Å². The van der Waals surface area contributed by atoms with Gasteiger partial charge in [-0.15, -0.1) is 11.3 Å². The van der Waals surface area contributed by atoms with Gasteiger partial charge in [0.15, 0.2) is 0 Å². The Balaban J connectivity index is 1.51. The molecule has 3 rings (SSSR count). The molecule has 0 unspecified atom stereocenters. The molecule has 2 aromatic heterocycles. The summed E-state index contributed by atoms with van der Waals surface area (Å²) in [7, 11) is -3.69. The Bertz CT molecular complexity index is 938. The maximum Gasteiger partial charge on any atom is 0.235 e. The number of nitrogens with one attached hydrogen (secondary N) is 1. The molecule has 25 heavy (non-hydrogen) atoms. The van der Waals surface area contributed by atoms with Crippen LogP contribution in [-0.4, -0.2) is 35.0 Å². The molecule has 1 aromatic carbocycles. The van der Waals surface area contributed by atoms with Crippen LogP contribution in [0.15, 0.2) is 42.9 Å². The summed E-state index contributed by atoms with van der Waals surface area (Å²) in [5, 5.41) is 0.813. The predicted molar refractivity (Wildman–Crippen MR) is 95.6 cm³/mol. The quantitative estimate of drug-likeness (QED) is 0.673. The monoisotopic (exact) mass is 376 g/mol. The lowest BCUT2D eigenvalue weighted by Gasteiger charge is -2.06. The van der Waals surface area contributed by atoms with Gasteiger partial charge >= 0.3 is 0 Å². The smallest absolute Gasteiger partial charge is 0.235 e. The highest BCUT2D eigenvalue weighted by molar-refractivity contribution is 7.90. The average molecular weight is 376 g/mol. The molecule has 1 N–H and O–H groups in total. The second-order valence-electron chi connectivity index (χ2n) is 5.37. The van der Waals surface area contributed by atoms with Gasteiger partial charge < -0.3 is 0 Å². The van der Waals surface area contributed by atoms with Crippen molar-refractivity contribution in [1.82, 2.24) is 19.7 Å². The van der Waals surface area contributed by atoms with Crippen LogP contribution in [-0.2, 0) is 27.7 Å². The first-order valence-corrected chi connectivity index (χ1v) is 10.1. The summed E-state index contributed by atoms with van der Waals surface area (Å²) in [5.74, 6) is -0.739. The van der Waals surface area contributed by atoms with Gasteiger partial charge in [0.1, 0.15) is 0 Å². The number of aryl methyl sites for hydroxylation is 2. The average Bonchev–Trinajstić information content (AvgIpc) is 3.02. The van der Waals surface area contributed by atoms with Gasteiger partial charge in [-0.1, -0.05) is 12.1 Å². The molecule has 0 aliphatic heterocycles. The molecule has 0 saturated heterocycles. The van der Waals surface area contributed by atoms with Crippen LogP contribution in [0.5, 0.6) is 0 Å². The maximum absolute atomic E-state index is 12.0. The van der Waals surface area contributed by atoms with Crippen molar-refractivity contribution < 1.29 is 13.2 Å². The Hall–Kier alpha value is -2.39. The molecule has 3 aromatic rings. The molecule has 0 aliphatic carbocycles. The number of hydrogen-bond acceptors (Lipinski definition) is 7. The van der Waals surface area contributed by atoms with Gasteiger partial charge in [-0.25, -0.2) is 13.4 Å². The number of carbonyl (C=O) groups excluding carboxylic acids is 1. The zero-order valence-corrected chi connectivity index (χ0v) is 14.9. The zero-order chi connectivity index (χ0) is 17.7. The van der Waals surface area contributed by atoms with E-state index in [0.717, 1.165) is 15.2 Å². The molecule has 2 heterocycles. The van der Waals surface area contributed by atoms with Gasteiger partial charge in [-0.05, 0) is 12.1 Å². The second kappa shape index (κ2) is 7.66. The summed E-state index contributed by atoms with van der Waals surface area (Å²) >= 11 is 1.51. The van der Waals surface area contributed by atoms with Gasteiger partial charge in [0.25, 0.3) is 0 Å². The Kier molecular flexibility index (Phi) is 5.34. The summed E-state index contributed by atoms with van der Waals surface area (Å²) in [5.41, 5.74) is 1.45. The highest BCUT2D eigenvalue weighted by Crippen LogP contribution is 2.22. The van der Waals surface area contributed by atoms with Gasteiger partial charge in [-0.2, -0.15) is 0 Å². The van der Waals surface area contributed by atoms with E-state index >= 15 is 0 Å². The number of benzene rings is 1. The Morgan fingerprint density at radius 2 is 2.00 bits per heavy atom. The van der Waals surface area contributed by atoms with Gasteiger partial charge in [0.05, 0.1) is 26.7 Å². The topological polar surface area (TPSA) is 102 Å². The van der Waals surface area contributed by atoms with Gasteiger partial charge in [0.2, 0.25) is 15.9 Å². The van der Waals surface area contributed by atoms with Gasteiger partial charge in [0, 0.05) is 37.9 Å². The predicted octanol–water partition coefficient (Wildman–Crippen LogP) is 1.71. The van der Waals surface area contributed by atoms with E-state index in [0.29, 0.717) is 12.1 Å². The standard InChI is InChI=1S/C16H16N4O3S2/c21-15(5-6-16-19-13-3-1-2-4-14(13)24-16)20-25(22,23)10-7-12-11-17-8-9-18-12/h1-4,8-9,11H,5-7,10H2,(H,20,21). The number of fused-ring (bicyclic) bond motifs is 1. The number of carbonyl (C=O) groups is 1. The first-order valence-electron chi connectivity index (χ1n) is 7.64. The van der Waals surface area contributed by atoms with Crippen molar-refractivity contribution in [3.05, 3.63) is 53.6 Å². The summed E-state index contributed by atoms with van der Waals surface area (Å²) < 4.78 is 27.1. The molecular formula is C16H16N4O3S2. The largest absolute Gasteiger partial charge is 0.274 e. The highest BCUT2D eigenvalue weighted by atomic mass is 32.2. The van der Waals surface area contributed by atoms with E-state index in [-0.39, 0.29) is 18.6 Å². The molecule has 0 fully saturated rings. The van der Waals surface area contributed by atoms with Crippen molar-refractivity contribution >= 4 is 37.5 Å². The normalized spacial score (nSPS) is 11.5. The van der Waals surface area contributed by atoms with Crippen molar-refractivity contribution in [2.75, 3.05) is 5.75 Å². The van der Waals surface area contributed by atoms with Crippen molar-refractivity contribution in [2.45, 2.75) is 19.3 Å². The maximum atomic E-state index is 12.0. The molecule has 1 amide bonds. The third kappa shape index (κ3) is 5.04. The SMILES string of the molecule is O=C(CCc1nc2ccccc2s1)NS(=O)(=O)CCc1cnccn1. The summed E-state index contributed by atoms with van der Waals surface area (Å²) in [4.78, 5) is 24.2.